The van der Waals surface area contributed by atoms with E-state index >= 15 is 0 Å². The van der Waals surface area contributed by atoms with Crippen molar-refractivity contribution in [3.05, 3.63) is 11.3 Å². The fraction of sp³-hybridized carbons (Fsp3) is 0.333. The number of rotatable bonds is 1. The fourth-order valence-electron chi connectivity index (χ4n) is 0.905. The molecule has 5 nitrogen and oxygen atoms in total. The van der Waals surface area contributed by atoms with Gasteiger partial charge in [0.1, 0.15) is 5.82 Å². The Morgan fingerprint density at radius 1 is 1.57 bits per heavy atom. The van der Waals surface area contributed by atoms with Crippen molar-refractivity contribution < 1.29 is 23.1 Å². The molecule has 3 N–H and O–H groups in total. The molecule has 0 aliphatic carbocycles. The number of carbonyl (C=O) groups is 1. The number of nitrogen functional groups attached to an aromatic ring is 1. The van der Waals surface area contributed by atoms with Crippen molar-refractivity contribution in [3.8, 4) is 0 Å². The SMILES string of the molecule is Cc1c(C(=O)O)nn(C(F)(F)F)c1N. The zero-order valence-electron chi connectivity index (χ0n) is 6.96. The van der Waals surface area contributed by atoms with Crippen molar-refractivity contribution in [1.82, 2.24) is 9.78 Å². The third-order valence-corrected chi connectivity index (χ3v) is 1.61. The van der Waals surface area contributed by atoms with Crippen LogP contribution in [0.1, 0.15) is 16.1 Å². The van der Waals surface area contributed by atoms with E-state index < -0.39 is 28.5 Å². The number of aromatic nitrogens is 2. The average molecular weight is 209 g/mol. The number of hydrogen-bond acceptors (Lipinski definition) is 3. The average Bonchev–Trinajstić information content (AvgIpc) is 2.28. The molecule has 1 rings (SSSR count). The number of anilines is 1. The van der Waals surface area contributed by atoms with Crippen molar-refractivity contribution in [2.75, 3.05) is 5.73 Å². The minimum atomic E-state index is -4.80. The van der Waals surface area contributed by atoms with Gasteiger partial charge in [-0.1, -0.05) is 0 Å². The van der Waals surface area contributed by atoms with Crippen molar-refractivity contribution in [2.24, 2.45) is 0 Å². The molecule has 0 radical (unpaired) electrons. The first kappa shape index (κ1) is 10.4. The normalized spacial score (nSPS) is 11.7. The lowest BCUT2D eigenvalue weighted by atomic mass is 10.2. The molecule has 0 saturated carbocycles. The molecule has 1 aromatic heterocycles. The third kappa shape index (κ3) is 1.50. The molecule has 0 amide bonds. The Hall–Kier alpha value is -1.73. The Morgan fingerprint density at radius 2 is 2.07 bits per heavy atom. The van der Waals surface area contributed by atoms with Gasteiger partial charge in [-0.25, -0.2) is 4.79 Å². The number of halogens is 3. The summed E-state index contributed by atoms with van der Waals surface area (Å²) in [6, 6.07) is 0. The Labute approximate surface area is 75.9 Å². The van der Waals surface area contributed by atoms with Gasteiger partial charge in [-0.3, -0.25) is 0 Å². The molecule has 14 heavy (non-hydrogen) atoms. The summed E-state index contributed by atoms with van der Waals surface area (Å²) in [5.41, 5.74) is 4.15. The first-order chi connectivity index (χ1) is 6.25. The van der Waals surface area contributed by atoms with E-state index in [1.807, 2.05) is 0 Å². The van der Waals surface area contributed by atoms with Gasteiger partial charge in [-0.15, -0.1) is 13.2 Å². The molecular formula is C6H6F3N3O2. The molecular weight excluding hydrogens is 203 g/mol. The first-order valence-electron chi connectivity index (χ1n) is 3.40. The van der Waals surface area contributed by atoms with Crippen LogP contribution in [-0.4, -0.2) is 20.9 Å². The van der Waals surface area contributed by atoms with Crippen molar-refractivity contribution in [2.45, 2.75) is 13.2 Å². The third-order valence-electron chi connectivity index (χ3n) is 1.61. The number of nitrogens with zero attached hydrogens (tertiary/aromatic N) is 2. The summed E-state index contributed by atoms with van der Waals surface area (Å²) in [5.74, 6) is -2.26. The topological polar surface area (TPSA) is 81.1 Å². The van der Waals surface area contributed by atoms with E-state index in [-0.39, 0.29) is 5.56 Å². The van der Waals surface area contributed by atoms with Crippen molar-refractivity contribution in [3.63, 3.8) is 0 Å². The summed E-state index contributed by atoms with van der Waals surface area (Å²) < 4.78 is 35.9. The van der Waals surface area contributed by atoms with Crippen LogP contribution in [0.25, 0.3) is 0 Å². The molecule has 1 heterocycles. The van der Waals surface area contributed by atoms with Crippen LogP contribution >= 0.6 is 0 Å². The molecule has 0 saturated heterocycles. The van der Waals surface area contributed by atoms with Crippen LogP contribution in [0.3, 0.4) is 0 Å². The van der Waals surface area contributed by atoms with Gasteiger partial charge in [-0.05, 0) is 6.92 Å². The second-order valence-corrected chi connectivity index (χ2v) is 2.54. The number of alkyl halides is 3. The van der Waals surface area contributed by atoms with E-state index in [9.17, 15) is 18.0 Å². The molecule has 1 aromatic rings. The second-order valence-electron chi connectivity index (χ2n) is 2.54. The van der Waals surface area contributed by atoms with Crippen LogP contribution in [0, 0.1) is 6.92 Å². The molecule has 0 aliphatic heterocycles. The zero-order chi connectivity index (χ0) is 11.1. The van der Waals surface area contributed by atoms with Crippen LogP contribution in [-0.2, 0) is 6.30 Å². The lowest BCUT2D eigenvalue weighted by Gasteiger charge is -2.06. The highest BCUT2D eigenvalue weighted by molar-refractivity contribution is 5.88. The lowest BCUT2D eigenvalue weighted by Crippen LogP contribution is -2.20. The largest absolute Gasteiger partial charge is 0.506 e. The van der Waals surface area contributed by atoms with Crippen LogP contribution in [0.15, 0.2) is 0 Å². The highest BCUT2D eigenvalue weighted by Gasteiger charge is 2.36. The summed E-state index contributed by atoms with van der Waals surface area (Å²) in [6.07, 6.45) is -4.80. The van der Waals surface area contributed by atoms with Gasteiger partial charge in [0.05, 0.1) is 0 Å². The van der Waals surface area contributed by atoms with Gasteiger partial charge in [-0.2, -0.15) is 9.78 Å². The number of carboxylic acid groups (broad SMARTS) is 1. The molecule has 0 atom stereocenters. The van der Waals surface area contributed by atoms with E-state index in [1.54, 1.807) is 0 Å². The van der Waals surface area contributed by atoms with E-state index in [0.717, 1.165) is 6.92 Å². The minimum absolute atomic E-state index is 0.199. The number of hydrogen-bond donors (Lipinski definition) is 2. The number of nitrogens with two attached hydrogens (primary N) is 1. The van der Waals surface area contributed by atoms with Gasteiger partial charge in [0.15, 0.2) is 5.69 Å². The zero-order valence-corrected chi connectivity index (χ0v) is 6.96. The molecule has 0 fully saturated rings. The Bertz CT molecular complexity index is 382. The quantitative estimate of drug-likeness (QED) is 0.721. The summed E-state index contributed by atoms with van der Waals surface area (Å²) in [7, 11) is 0. The highest BCUT2D eigenvalue weighted by Crippen LogP contribution is 2.27. The van der Waals surface area contributed by atoms with Gasteiger partial charge < -0.3 is 10.8 Å². The maximum Gasteiger partial charge on any atom is 0.506 e. The van der Waals surface area contributed by atoms with Crippen LogP contribution in [0.2, 0.25) is 0 Å². The highest BCUT2D eigenvalue weighted by atomic mass is 19.4. The summed E-state index contributed by atoms with van der Waals surface area (Å²) in [5, 5.41) is 11.3. The Morgan fingerprint density at radius 3 is 2.29 bits per heavy atom. The van der Waals surface area contributed by atoms with E-state index in [4.69, 9.17) is 10.8 Å². The summed E-state index contributed by atoms with van der Waals surface area (Å²) >= 11 is 0. The minimum Gasteiger partial charge on any atom is -0.476 e. The standard InChI is InChI=1S/C6H6F3N3O2/c1-2-3(5(13)14)11-12(4(2)10)6(7,8)9/h10H2,1H3,(H,13,14). The molecule has 78 valence electrons. The Kier molecular flexibility index (Phi) is 2.14. The fourth-order valence-corrected chi connectivity index (χ4v) is 0.905. The summed E-state index contributed by atoms with van der Waals surface area (Å²) in [4.78, 5) is 10.4. The lowest BCUT2D eigenvalue weighted by molar-refractivity contribution is -0.210. The van der Waals surface area contributed by atoms with E-state index in [2.05, 4.69) is 5.10 Å². The van der Waals surface area contributed by atoms with Gasteiger partial charge in [0, 0.05) is 5.56 Å². The van der Waals surface area contributed by atoms with Gasteiger partial charge in [0.25, 0.3) is 0 Å². The predicted octanol–water partition coefficient (Wildman–Crippen LogP) is 0.948. The number of aromatic carboxylic acids is 1. The molecule has 0 unspecified atom stereocenters. The number of carboxylic acids is 1. The maximum atomic E-state index is 12.1. The Balaban J connectivity index is 3.37. The van der Waals surface area contributed by atoms with E-state index in [1.165, 1.54) is 0 Å². The molecule has 0 spiro atoms. The van der Waals surface area contributed by atoms with E-state index in [0.29, 0.717) is 0 Å². The smallest absolute Gasteiger partial charge is 0.476 e. The van der Waals surface area contributed by atoms with Gasteiger partial charge >= 0.3 is 12.3 Å². The van der Waals surface area contributed by atoms with Crippen LogP contribution < -0.4 is 5.73 Å². The summed E-state index contributed by atoms with van der Waals surface area (Å²) in [6.45, 7) is 1.16. The van der Waals surface area contributed by atoms with Crippen molar-refractivity contribution in [1.29, 1.82) is 0 Å². The first-order valence-corrected chi connectivity index (χ1v) is 3.40. The molecule has 0 bridgehead atoms. The molecule has 8 heteroatoms. The monoisotopic (exact) mass is 209 g/mol. The van der Waals surface area contributed by atoms with Crippen molar-refractivity contribution >= 4 is 11.8 Å². The second kappa shape index (κ2) is 2.89. The predicted molar refractivity (Wildman–Crippen MR) is 39.6 cm³/mol. The van der Waals surface area contributed by atoms with Crippen LogP contribution in [0.4, 0.5) is 19.0 Å². The molecule has 0 aromatic carbocycles. The molecule has 0 aliphatic rings. The maximum absolute atomic E-state index is 12.1. The van der Waals surface area contributed by atoms with Gasteiger partial charge in [0.2, 0.25) is 0 Å². The van der Waals surface area contributed by atoms with Crippen LogP contribution in [0.5, 0.6) is 0 Å².